The van der Waals surface area contributed by atoms with E-state index in [9.17, 15) is 4.79 Å². The Morgan fingerprint density at radius 2 is 2.40 bits per heavy atom. The van der Waals surface area contributed by atoms with Crippen LogP contribution in [0.25, 0.3) is 10.9 Å². The molecule has 0 fully saturated rings. The second kappa shape index (κ2) is 3.96. The number of anilines is 1. The highest BCUT2D eigenvalue weighted by Gasteiger charge is 2.03. The molecule has 1 aromatic heterocycles. The van der Waals surface area contributed by atoms with Crippen LogP contribution in [0.1, 0.15) is 6.92 Å². The number of fused-ring (bicyclic) bond motifs is 1. The van der Waals surface area contributed by atoms with Crippen LogP contribution in [-0.4, -0.2) is 16.1 Å². The molecule has 0 bridgehead atoms. The number of hydrogen-bond donors (Lipinski definition) is 2. The molecule has 2 aromatic rings. The standard InChI is InChI=1S/C11H11N3O/c1-2-4-10(15)13-9-6-3-5-8-7-12-14-11(8)9/h2-7H,1H3,(H,12,14)(H,13,15)/b4-2+. The Morgan fingerprint density at radius 1 is 1.53 bits per heavy atom. The number of aromatic amines is 1. The Hall–Kier alpha value is -2.10. The number of amides is 1. The molecule has 4 heteroatoms. The van der Waals surface area contributed by atoms with Crippen LogP contribution in [0.4, 0.5) is 5.69 Å². The third kappa shape index (κ3) is 1.88. The highest BCUT2D eigenvalue weighted by Crippen LogP contribution is 2.20. The van der Waals surface area contributed by atoms with Gasteiger partial charge in [0.2, 0.25) is 5.91 Å². The number of aromatic nitrogens is 2. The number of carbonyl (C=O) groups excluding carboxylic acids is 1. The quantitative estimate of drug-likeness (QED) is 0.731. The van der Waals surface area contributed by atoms with Gasteiger partial charge in [0.15, 0.2) is 0 Å². The number of hydrogen-bond acceptors (Lipinski definition) is 2. The molecule has 2 rings (SSSR count). The largest absolute Gasteiger partial charge is 0.321 e. The van der Waals surface area contributed by atoms with Gasteiger partial charge in [-0.15, -0.1) is 0 Å². The molecule has 0 aliphatic heterocycles. The summed E-state index contributed by atoms with van der Waals surface area (Å²) in [6.07, 6.45) is 4.90. The van der Waals surface area contributed by atoms with Gasteiger partial charge < -0.3 is 5.32 Å². The van der Waals surface area contributed by atoms with Crippen molar-refractivity contribution < 1.29 is 4.79 Å². The number of benzene rings is 1. The first-order valence-electron chi connectivity index (χ1n) is 4.67. The van der Waals surface area contributed by atoms with Crippen molar-refractivity contribution in [2.24, 2.45) is 0 Å². The van der Waals surface area contributed by atoms with E-state index in [-0.39, 0.29) is 5.91 Å². The number of para-hydroxylation sites is 1. The lowest BCUT2D eigenvalue weighted by atomic mass is 10.2. The number of rotatable bonds is 2. The SMILES string of the molecule is C/C=C/C(=O)Nc1cccc2cn[nH]c12. The molecule has 0 unspecified atom stereocenters. The average Bonchev–Trinajstić information content (AvgIpc) is 2.67. The maximum Gasteiger partial charge on any atom is 0.248 e. The fourth-order valence-electron chi connectivity index (χ4n) is 1.40. The normalized spacial score (nSPS) is 11.0. The number of nitrogens with one attached hydrogen (secondary N) is 2. The summed E-state index contributed by atoms with van der Waals surface area (Å²) in [6.45, 7) is 1.80. The van der Waals surface area contributed by atoms with Crippen molar-refractivity contribution in [1.29, 1.82) is 0 Å². The summed E-state index contributed by atoms with van der Waals surface area (Å²) in [4.78, 5) is 11.3. The van der Waals surface area contributed by atoms with Crippen LogP contribution in [0, 0.1) is 0 Å². The molecule has 1 aromatic carbocycles. The fourth-order valence-corrected chi connectivity index (χ4v) is 1.40. The zero-order chi connectivity index (χ0) is 10.7. The summed E-state index contributed by atoms with van der Waals surface area (Å²) >= 11 is 0. The molecule has 0 radical (unpaired) electrons. The zero-order valence-corrected chi connectivity index (χ0v) is 8.32. The van der Waals surface area contributed by atoms with E-state index in [2.05, 4.69) is 15.5 Å². The van der Waals surface area contributed by atoms with Gasteiger partial charge in [-0.2, -0.15) is 5.10 Å². The Balaban J connectivity index is 2.35. The minimum absolute atomic E-state index is 0.139. The molecular weight excluding hydrogens is 190 g/mol. The first kappa shape index (κ1) is 9.45. The fraction of sp³-hybridized carbons (Fsp3) is 0.0909. The van der Waals surface area contributed by atoms with Gasteiger partial charge in [0.1, 0.15) is 0 Å². The first-order valence-corrected chi connectivity index (χ1v) is 4.67. The summed E-state index contributed by atoms with van der Waals surface area (Å²) in [5, 5.41) is 10.5. The summed E-state index contributed by atoms with van der Waals surface area (Å²) in [6, 6.07) is 5.65. The summed E-state index contributed by atoms with van der Waals surface area (Å²) in [5.41, 5.74) is 1.59. The van der Waals surface area contributed by atoms with Crippen LogP contribution in [0.5, 0.6) is 0 Å². The lowest BCUT2D eigenvalue weighted by Gasteiger charge is -2.02. The van der Waals surface area contributed by atoms with Gasteiger partial charge in [0.05, 0.1) is 17.4 Å². The van der Waals surface area contributed by atoms with Crippen molar-refractivity contribution in [3.8, 4) is 0 Å². The highest BCUT2D eigenvalue weighted by atomic mass is 16.1. The molecule has 2 N–H and O–H groups in total. The van der Waals surface area contributed by atoms with E-state index in [1.54, 1.807) is 19.2 Å². The Bertz CT molecular complexity index is 513. The topological polar surface area (TPSA) is 57.8 Å². The number of H-pyrrole nitrogens is 1. The minimum atomic E-state index is -0.139. The van der Waals surface area contributed by atoms with Gasteiger partial charge in [-0.3, -0.25) is 9.89 Å². The third-order valence-corrected chi connectivity index (χ3v) is 2.05. The van der Waals surface area contributed by atoms with E-state index in [4.69, 9.17) is 0 Å². The van der Waals surface area contributed by atoms with Crippen LogP contribution in [0.15, 0.2) is 36.5 Å². The monoisotopic (exact) mass is 201 g/mol. The smallest absolute Gasteiger partial charge is 0.248 e. The van der Waals surface area contributed by atoms with Crippen molar-refractivity contribution in [2.75, 3.05) is 5.32 Å². The predicted molar refractivity (Wildman–Crippen MR) is 59.5 cm³/mol. The molecule has 1 amide bonds. The Morgan fingerprint density at radius 3 is 3.20 bits per heavy atom. The van der Waals surface area contributed by atoms with Crippen molar-refractivity contribution in [2.45, 2.75) is 6.92 Å². The van der Waals surface area contributed by atoms with Crippen LogP contribution in [-0.2, 0) is 4.79 Å². The summed E-state index contributed by atoms with van der Waals surface area (Å²) in [5.74, 6) is -0.139. The number of allylic oxidation sites excluding steroid dienone is 1. The van der Waals surface area contributed by atoms with E-state index < -0.39 is 0 Å². The van der Waals surface area contributed by atoms with Gasteiger partial charge in [-0.1, -0.05) is 18.2 Å². The minimum Gasteiger partial charge on any atom is -0.321 e. The second-order valence-electron chi connectivity index (χ2n) is 3.13. The van der Waals surface area contributed by atoms with Crippen molar-refractivity contribution in [3.05, 3.63) is 36.5 Å². The molecular formula is C11H11N3O. The number of carbonyl (C=O) groups is 1. The predicted octanol–water partition coefficient (Wildman–Crippen LogP) is 2.08. The molecule has 0 saturated carbocycles. The van der Waals surface area contributed by atoms with E-state index >= 15 is 0 Å². The molecule has 15 heavy (non-hydrogen) atoms. The van der Waals surface area contributed by atoms with E-state index in [0.29, 0.717) is 0 Å². The molecule has 0 aliphatic rings. The van der Waals surface area contributed by atoms with Crippen molar-refractivity contribution in [3.63, 3.8) is 0 Å². The number of nitrogens with zero attached hydrogens (tertiary/aromatic N) is 1. The van der Waals surface area contributed by atoms with Crippen molar-refractivity contribution >= 4 is 22.5 Å². The second-order valence-corrected chi connectivity index (χ2v) is 3.13. The molecule has 0 saturated heterocycles. The Labute approximate surface area is 87.0 Å². The van der Waals surface area contributed by atoms with Gasteiger partial charge in [-0.25, -0.2) is 0 Å². The van der Waals surface area contributed by atoms with Crippen LogP contribution in [0.3, 0.4) is 0 Å². The molecule has 4 nitrogen and oxygen atoms in total. The van der Waals surface area contributed by atoms with Crippen LogP contribution >= 0.6 is 0 Å². The summed E-state index contributed by atoms with van der Waals surface area (Å²) < 4.78 is 0. The lowest BCUT2D eigenvalue weighted by molar-refractivity contribution is -0.111. The van der Waals surface area contributed by atoms with Crippen LogP contribution < -0.4 is 5.32 Å². The van der Waals surface area contributed by atoms with Gasteiger partial charge >= 0.3 is 0 Å². The summed E-state index contributed by atoms with van der Waals surface area (Å²) in [7, 11) is 0. The average molecular weight is 201 g/mol. The zero-order valence-electron chi connectivity index (χ0n) is 8.32. The van der Waals surface area contributed by atoms with Crippen LogP contribution in [0.2, 0.25) is 0 Å². The maximum absolute atomic E-state index is 11.3. The Kier molecular flexibility index (Phi) is 2.49. The first-order chi connectivity index (χ1) is 7.31. The van der Waals surface area contributed by atoms with Gasteiger partial charge in [0, 0.05) is 5.39 Å². The van der Waals surface area contributed by atoms with Crippen molar-refractivity contribution in [1.82, 2.24) is 10.2 Å². The van der Waals surface area contributed by atoms with E-state index in [1.165, 1.54) is 6.08 Å². The van der Waals surface area contributed by atoms with Gasteiger partial charge in [-0.05, 0) is 19.1 Å². The lowest BCUT2D eigenvalue weighted by Crippen LogP contribution is -2.07. The third-order valence-electron chi connectivity index (χ3n) is 2.05. The highest BCUT2D eigenvalue weighted by molar-refractivity contribution is 6.04. The molecule has 76 valence electrons. The molecule has 1 heterocycles. The molecule has 0 atom stereocenters. The van der Waals surface area contributed by atoms with Gasteiger partial charge in [0.25, 0.3) is 0 Å². The van der Waals surface area contributed by atoms with E-state index in [1.807, 2.05) is 18.2 Å². The molecule has 0 spiro atoms. The molecule has 0 aliphatic carbocycles. The van der Waals surface area contributed by atoms with E-state index in [0.717, 1.165) is 16.6 Å². The maximum atomic E-state index is 11.3.